The summed E-state index contributed by atoms with van der Waals surface area (Å²) in [6.45, 7) is 0.558. The van der Waals surface area contributed by atoms with Crippen molar-refractivity contribution in [3.05, 3.63) is 66.6 Å². The van der Waals surface area contributed by atoms with Crippen LogP contribution in [0.4, 0.5) is 5.82 Å². The van der Waals surface area contributed by atoms with Gasteiger partial charge >= 0.3 is 0 Å². The van der Waals surface area contributed by atoms with Crippen LogP contribution in [0.1, 0.15) is 5.56 Å². The van der Waals surface area contributed by atoms with Crippen molar-refractivity contribution in [2.45, 2.75) is 6.54 Å². The summed E-state index contributed by atoms with van der Waals surface area (Å²) in [5.74, 6) is 0.866. The zero-order valence-electron chi connectivity index (χ0n) is 12.8. The Kier molecular flexibility index (Phi) is 3.55. The van der Waals surface area contributed by atoms with E-state index in [1.54, 1.807) is 24.4 Å². The number of phenolic OH excluding ortho intramolecular Hbond substituents is 1. The number of hydrogen-bond acceptors (Lipinski definition) is 5. The Hall–Kier alpha value is -3.41. The van der Waals surface area contributed by atoms with Crippen LogP contribution in [0.25, 0.3) is 22.2 Å². The van der Waals surface area contributed by atoms with Gasteiger partial charge in [-0.3, -0.25) is 5.10 Å². The minimum Gasteiger partial charge on any atom is -0.508 e. The molecule has 0 aliphatic rings. The van der Waals surface area contributed by atoms with Crippen molar-refractivity contribution in [2.24, 2.45) is 0 Å². The van der Waals surface area contributed by atoms with Crippen molar-refractivity contribution in [3.63, 3.8) is 0 Å². The quantitative estimate of drug-likeness (QED) is 0.537. The first kappa shape index (κ1) is 14.2. The average molecular weight is 317 g/mol. The van der Waals surface area contributed by atoms with Crippen molar-refractivity contribution in [3.8, 4) is 17.0 Å². The monoisotopic (exact) mass is 317 g/mol. The lowest BCUT2D eigenvalue weighted by molar-refractivity contribution is 0.476. The minimum atomic E-state index is 0.189. The number of fused-ring (bicyclic) bond motifs is 1. The Morgan fingerprint density at radius 1 is 1.04 bits per heavy atom. The molecule has 24 heavy (non-hydrogen) atoms. The van der Waals surface area contributed by atoms with Gasteiger partial charge in [0.05, 0.1) is 17.4 Å². The Labute approximate surface area is 138 Å². The molecular formula is C18H15N5O. The van der Waals surface area contributed by atoms with Crippen LogP contribution in [0.2, 0.25) is 0 Å². The van der Waals surface area contributed by atoms with Gasteiger partial charge in [-0.25, -0.2) is 9.97 Å². The Morgan fingerprint density at radius 2 is 1.92 bits per heavy atom. The van der Waals surface area contributed by atoms with E-state index in [2.05, 4.69) is 25.5 Å². The molecule has 0 fully saturated rings. The number of aromatic nitrogens is 4. The van der Waals surface area contributed by atoms with E-state index in [4.69, 9.17) is 0 Å². The van der Waals surface area contributed by atoms with Gasteiger partial charge in [-0.15, -0.1) is 0 Å². The molecule has 0 saturated carbocycles. The second-order valence-corrected chi connectivity index (χ2v) is 5.41. The SMILES string of the molecule is Oc1ccc2ncnc(NCc3cn[nH]c3-c3ccccc3)c2c1. The summed E-state index contributed by atoms with van der Waals surface area (Å²) in [4.78, 5) is 8.50. The fraction of sp³-hybridized carbons (Fsp3) is 0.0556. The van der Waals surface area contributed by atoms with E-state index < -0.39 is 0 Å². The molecule has 2 aromatic heterocycles. The molecule has 2 aromatic carbocycles. The van der Waals surface area contributed by atoms with Gasteiger partial charge in [0.2, 0.25) is 0 Å². The number of anilines is 1. The number of aromatic amines is 1. The zero-order chi connectivity index (χ0) is 16.4. The molecule has 0 amide bonds. The second-order valence-electron chi connectivity index (χ2n) is 5.41. The van der Waals surface area contributed by atoms with Crippen molar-refractivity contribution in [2.75, 3.05) is 5.32 Å². The molecule has 0 aliphatic heterocycles. The fourth-order valence-electron chi connectivity index (χ4n) is 2.66. The van der Waals surface area contributed by atoms with Gasteiger partial charge in [-0.05, 0) is 23.8 Å². The predicted octanol–water partition coefficient (Wildman–Crippen LogP) is 3.34. The van der Waals surface area contributed by atoms with E-state index in [9.17, 15) is 5.11 Å². The van der Waals surface area contributed by atoms with Crippen molar-refractivity contribution < 1.29 is 5.11 Å². The van der Waals surface area contributed by atoms with Crippen molar-refractivity contribution >= 4 is 16.7 Å². The summed E-state index contributed by atoms with van der Waals surface area (Å²) in [6.07, 6.45) is 3.31. The van der Waals surface area contributed by atoms with E-state index in [1.807, 2.05) is 30.3 Å². The Bertz CT molecular complexity index is 981. The number of nitrogens with zero attached hydrogens (tertiary/aromatic N) is 3. The van der Waals surface area contributed by atoms with E-state index in [-0.39, 0.29) is 5.75 Å². The first-order valence-electron chi connectivity index (χ1n) is 7.56. The van der Waals surface area contributed by atoms with E-state index >= 15 is 0 Å². The highest BCUT2D eigenvalue weighted by atomic mass is 16.3. The molecule has 0 radical (unpaired) electrons. The second kappa shape index (κ2) is 6.00. The van der Waals surface area contributed by atoms with Crippen LogP contribution in [-0.2, 0) is 6.54 Å². The standard InChI is InChI=1S/C18H15N5O/c24-14-6-7-16-15(8-14)18(21-11-20-16)19-9-13-10-22-23-17(13)12-4-2-1-3-5-12/h1-8,10-11,24H,9H2,(H,22,23)(H,19,20,21). The molecule has 0 aliphatic carbocycles. The molecule has 0 bridgehead atoms. The Balaban J connectivity index is 1.63. The normalized spacial score (nSPS) is 10.8. The molecular weight excluding hydrogens is 302 g/mol. The van der Waals surface area contributed by atoms with Crippen LogP contribution in [0.3, 0.4) is 0 Å². The molecule has 3 N–H and O–H groups in total. The molecule has 2 heterocycles. The molecule has 6 nitrogen and oxygen atoms in total. The molecule has 0 unspecified atom stereocenters. The summed E-state index contributed by atoms with van der Waals surface area (Å²) in [7, 11) is 0. The lowest BCUT2D eigenvalue weighted by Crippen LogP contribution is -2.03. The number of H-pyrrole nitrogens is 1. The van der Waals surface area contributed by atoms with Crippen LogP contribution >= 0.6 is 0 Å². The van der Waals surface area contributed by atoms with E-state index in [0.29, 0.717) is 12.4 Å². The molecule has 0 spiro atoms. The highest BCUT2D eigenvalue weighted by molar-refractivity contribution is 5.89. The van der Waals surface area contributed by atoms with Gasteiger partial charge in [0, 0.05) is 17.5 Å². The number of aromatic hydroxyl groups is 1. The van der Waals surface area contributed by atoms with Crippen molar-refractivity contribution in [1.82, 2.24) is 20.2 Å². The number of nitrogens with one attached hydrogen (secondary N) is 2. The van der Waals surface area contributed by atoms with Crippen LogP contribution in [-0.4, -0.2) is 25.3 Å². The minimum absolute atomic E-state index is 0.189. The highest BCUT2D eigenvalue weighted by Crippen LogP contribution is 2.25. The van der Waals surface area contributed by atoms with Crippen molar-refractivity contribution in [1.29, 1.82) is 0 Å². The summed E-state index contributed by atoms with van der Waals surface area (Å²) in [5.41, 5.74) is 3.87. The predicted molar refractivity (Wildman–Crippen MR) is 92.6 cm³/mol. The molecule has 4 rings (SSSR count). The smallest absolute Gasteiger partial charge is 0.137 e. The summed E-state index contributed by atoms with van der Waals surface area (Å²) >= 11 is 0. The van der Waals surface area contributed by atoms with Gasteiger partial charge in [0.25, 0.3) is 0 Å². The lowest BCUT2D eigenvalue weighted by atomic mass is 10.1. The van der Waals surface area contributed by atoms with E-state index in [0.717, 1.165) is 27.7 Å². The maximum atomic E-state index is 9.70. The fourth-order valence-corrected chi connectivity index (χ4v) is 2.66. The first-order valence-corrected chi connectivity index (χ1v) is 7.56. The number of rotatable bonds is 4. The summed E-state index contributed by atoms with van der Waals surface area (Å²) < 4.78 is 0. The van der Waals surface area contributed by atoms with Crippen LogP contribution in [0, 0.1) is 0 Å². The van der Waals surface area contributed by atoms with Gasteiger partial charge in [0.1, 0.15) is 17.9 Å². The largest absolute Gasteiger partial charge is 0.508 e. The third kappa shape index (κ3) is 2.65. The van der Waals surface area contributed by atoms with Gasteiger partial charge in [0.15, 0.2) is 0 Å². The van der Waals surface area contributed by atoms with Crippen LogP contribution in [0.5, 0.6) is 5.75 Å². The lowest BCUT2D eigenvalue weighted by Gasteiger charge is -2.09. The number of phenols is 1. The maximum absolute atomic E-state index is 9.70. The number of hydrogen-bond donors (Lipinski definition) is 3. The average Bonchev–Trinajstić information content (AvgIpc) is 3.09. The third-order valence-electron chi connectivity index (χ3n) is 3.85. The zero-order valence-corrected chi connectivity index (χ0v) is 12.8. The third-order valence-corrected chi connectivity index (χ3v) is 3.85. The van der Waals surface area contributed by atoms with E-state index in [1.165, 1.54) is 6.33 Å². The summed E-state index contributed by atoms with van der Waals surface area (Å²) in [6, 6.07) is 15.1. The molecule has 0 saturated heterocycles. The summed E-state index contributed by atoms with van der Waals surface area (Å²) in [5, 5.41) is 21.0. The molecule has 0 atom stereocenters. The van der Waals surface area contributed by atoms with Crippen LogP contribution in [0.15, 0.2) is 61.1 Å². The molecule has 4 aromatic rings. The maximum Gasteiger partial charge on any atom is 0.137 e. The van der Waals surface area contributed by atoms with Gasteiger partial charge in [-0.2, -0.15) is 5.10 Å². The van der Waals surface area contributed by atoms with Gasteiger partial charge in [-0.1, -0.05) is 30.3 Å². The number of benzene rings is 2. The first-order chi connectivity index (χ1) is 11.8. The highest BCUT2D eigenvalue weighted by Gasteiger charge is 2.09. The molecule has 6 heteroatoms. The van der Waals surface area contributed by atoms with Gasteiger partial charge < -0.3 is 10.4 Å². The topological polar surface area (TPSA) is 86.7 Å². The molecule has 118 valence electrons. The van der Waals surface area contributed by atoms with Crippen LogP contribution < -0.4 is 5.32 Å². The Morgan fingerprint density at radius 3 is 2.79 bits per heavy atom.